The molecule has 7 heteroatoms. The first-order chi connectivity index (χ1) is 16.7. The lowest BCUT2D eigenvalue weighted by molar-refractivity contribution is -0.132. The van der Waals surface area contributed by atoms with Crippen molar-refractivity contribution in [3.63, 3.8) is 0 Å². The van der Waals surface area contributed by atoms with Gasteiger partial charge in [-0.3, -0.25) is 19.3 Å². The Morgan fingerprint density at radius 2 is 1.66 bits per heavy atom. The number of amides is 1. The minimum atomic E-state index is -0.909. The van der Waals surface area contributed by atoms with Crippen molar-refractivity contribution in [2.24, 2.45) is 0 Å². The van der Waals surface area contributed by atoms with Crippen LogP contribution < -0.4 is 14.4 Å². The lowest BCUT2D eigenvalue weighted by Crippen LogP contribution is -2.29. The fourth-order valence-electron chi connectivity index (χ4n) is 4.19. The van der Waals surface area contributed by atoms with Gasteiger partial charge in [0.05, 0.1) is 18.7 Å². The van der Waals surface area contributed by atoms with Crippen LogP contribution in [0, 0.1) is 13.8 Å². The van der Waals surface area contributed by atoms with E-state index >= 15 is 0 Å². The van der Waals surface area contributed by atoms with Gasteiger partial charge in [-0.1, -0.05) is 35.9 Å². The number of nitrogens with zero attached hydrogens (tertiary/aromatic N) is 1. The van der Waals surface area contributed by atoms with Gasteiger partial charge in [0.25, 0.3) is 11.7 Å². The molecular weight excluding hydrogens is 446 g/mol. The lowest BCUT2D eigenvalue weighted by Gasteiger charge is -2.26. The van der Waals surface area contributed by atoms with Crippen molar-refractivity contribution in [2.75, 3.05) is 12.0 Å². The standard InChI is InChI=1S/C28H25NO6/c1-16-8-9-17(2)23(14-16)26(31)24-25(19-10-12-21(13-11-19)35-18(3)30)29(28(33)27(24)32)20-6-5-7-22(15-20)34-4/h5-15,25,31H,1-4H3/b26-24+. The number of hydrogen-bond acceptors (Lipinski definition) is 6. The molecule has 0 spiro atoms. The molecule has 3 aromatic rings. The van der Waals surface area contributed by atoms with E-state index in [0.717, 1.165) is 11.1 Å². The number of carbonyl (C=O) groups is 3. The summed E-state index contributed by atoms with van der Waals surface area (Å²) in [6, 6.07) is 17.9. The molecule has 1 amide bonds. The van der Waals surface area contributed by atoms with E-state index in [0.29, 0.717) is 28.3 Å². The minimum Gasteiger partial charge on any atom is -0.507 e. The number of benzene rings is 3. The van der Waals surface area contributed by atoms with E-state index in [1.807, 2.05) is 26.0 Å². The van der Waals surface area contributed by atoms with Crippen molar-refractivity contribution in [1.29, 1.82) is 0 Å². The molecule has 1 unspecified atom stereocenters. The fraction of sp³-hybridized carbons (Fsp3) is 0.179. The summed E-state index contributed by atoms with van der Waals surface area (Å²) in [5.41, 5.74) is 3.14. The number of hydrogen-bond donors (Lipinski definition) is 1. The maximum Gasteiger partial charge on any atom is 0.308 e. The Labute approximate surface area is 203 Å². The highest BCUT2D eigenvalue weighted by Crippen LogP contribution is 2.43. The van der Waals surface area contributed by atoms with Crippen molar-refractivity contribution in [1.82, 2.24) is 0 Å². The lowest BCUT2D eigenvalue weighted by atomic mass is 9.93. The minimum absolute atomic E-state index is 0.0215. The highest BCUT2D eigenvalue weighted by Gasteiger charge is 2.47. The molecule has 0 bridgehead atoms. The molecule has 4 rings (SSSR count). The molecule has 7 nitrogen and oxygen atoms in total. The molecule has 35 heavy (non-hydrogen) atoms. The van der Waals surface area contributed by atoms with Crippen molar-refractivity contribution in [2.45, 2.75) is 26.8 Å². The van der Waals surface area contributed by atoms with Crippen LogP contribution in [0.3, 0.4) is 0 Å². The van der Waals surface area contributed by atoms with Crippen LogP contribution in [0.2, 0.25) is 0 Å². The average Bonchev–Trinajstić information content (AvgIpc) is 3.10. The summed E-state index contributed by atoms with van der Waals surface area (Å²) >= 11 is 0. The first kappa shape index (κ1) is 23.8. The Bertz CT molecular complexity index is 1360. The van der Waals surface area contributed by atoms with Crippen LogP contribution in [0.15, 0.2) is 72.3 Å². The number of methoxy groups -OCH3 is 1. The van der Waals surface area contributed by atoms with Gasteiger partial charge in [0.2, 0.25) is 0 Å². The third-order valence-corrected chi connectivity index (χ3v) is 5.88. The van der Waals surface area contributed by atoms with Gasteiger partial charge in [0, 0.05) is 24.2 Å². The first-order valence-corrected chi connectivity index (χ1v) is 11.0. The highest BCUT2D eigenvalue weighted by atomic mass is 16.5. The van der Waals surface area contributed by atoms with Crippen LogP contribution in [0.1, 0.15) is 35.2 Å². The quantitative estimate of drug-likeness (QED) is 0.188. The van der Waals surface area contributed by atoms with E-state index in [4.69, 9.17) is 9.47 Å². The molecule has 1 fully saturated rings. The van der Waals surface area contributed by atoms with Crippen LogP contribution in [-0.2, 0) is 14.4 Å². The molecule has 178 valence electrons. The van der Waals surface area contributed by atoms with Crippen LogP contribution in [0.4, 0.5) is 5.69 Å². The molecule has 0 aromatic heterocycles. The van der Waals surface area contributed by atoms with E-state index in [-0.39, 0.29) is 11.3 Å². The van der Waals surface area contributed by atoms with Gasteiger partial charge in [-0.15, -0.1) is 0 Å². The number of aliphatic hydroxyl groups is 1. The second kappa shape index (κ2) is 9.46. The summed E-state index contributed by atoms with van der Waals surface area (Å²) in [6.45, 7) is 5.02. The van der Waals surface area contributed by atoms with E-state index in [9.17, 15) is 19.5 Å². The molecule has 1 heterocycles. The number of aryl methyl sites for hydroxylation is 2. The SMILES string of the molecule is COc1cccc(N2C(=O)C(=O)/C(=C(/O)c3cc(C)ccc3C)C2c2ccc(OC(C)=O)cc2)c1. The number of aliphatic hydroxyl groups excluding tert-OH is 1. The summed E-state index contributed by atoms with van der Waals surface area (Å²) in [4.78, 5) is 39.3. The number of anilines is 1. The number of ketones is 1. The average molecular weight is 472 g/mol. The van der Waals surface area contributed by atoms with Crippen molar-refractivity contribution >= 4 is 29.1 Å². The second-order valence-electron chi connectivity index (χ2n) is 8.35. The third kappa shape index (κ3) is 4.53. The Morgan fingerprint density at radius 1 is 0.943 bits per heavy atom. The Balaban J connectivity index is 1.94. The van der Waals surface area contributed by atoms with Crippen LogP contribution in [-0.4, -0.2) is 29.9 Å². The smallest absolute Gasteiger partial charge is 0.308 e. The van der Waals surface area contributed by atoms with E-state index in [1.54, 1.807) is 54.6 Å². The molecule has 0 radical (unpaired) electrons. The van der Waals surface area contributed by atoms with E-state index in [2.05, 4.69) is 0 Å². The number of ether oxygens (including phenoxy) is 2. The molecule has 1 aliphatic rings. The number of rotatable bonds is 5. The predicted octanol–water partition coefficient (Wildman–Crippen LogP) is 4.86. The number of esters is 1. The Morgan fingerprint density at radius 3 is 2.31 bits per heavy atom. The maximum atomic E-state index is 13.3. The zero-order valence-corrected chi connectivity index (χ0v) is 19.9. The van der Waals surface area contributed by atoms with Gasteiger partial charge in [0.1, 0.15) is 17.3 Å². The number of Topliss-reactive ketones (excluding diaryl/α,β-unsaturated/α-hetero) is 1. The molecule has 3 aromatic carbocycles. The van der Waals surface area contributed by atoms with Crippen LogP contribution in [0.25, 0.3) is 5.76 Å². The Hall–Kier alpha value is -4.39. The van der Waals surface area contributed by atoms with Crippen molar-refractivity contribution in [3.8, 4) is 11.5 Å². The fourth-order valence-corrected chi connectivity index (χ4v) is 4.19. The normalized spacial score (nSPS) is 16.9. The monoisotopic (exact) mass is 471 g/mol. The van der Waals surface area contributed by atoms with E-state index in [1.165, 1.54) is 18.9 Å². The van der Waals surface area contributed by atoms with Gasteiger partial charge >= 0.3 is 5.97 Å². The summed E-state index contributed by atoms with van der Waals surface area (Å²) in [6.07, 6.45) is 0. The third-order valence-electron chi connectivity index (χ3n) is 5.88. The van der Waals surface area contributed by atoms with Crippen LogP contribution in [0.5, 0.6) is 11.5 Å². The second-order valence-corrected chi connectivity index (χ2v) is 8.35. The highest BCUT2D eigenvalue weighted by molar-refractivity contribution is 6.51. The molecular formula is C28H25NO6. The van der Waals surface area contributed by atoms with Gasteiger partial charge in [-0.05, 0) is 55.3 Å². The summed E-state index contributed by atoms with van der Waals surface area (Å²) < 4.78 is 10.4. The first-order valence-electron chi connectivity index (χ1n) is 11.0. The zero-order valence-electron chi connectivity index (χ0n) is 19.9. The van der Waals surface area contributed by atoms with Gasteiger partial charge < -0.3 is 14.6 Å². The van der Waals surface area contributed by atoms with Crippen molar-refractivity contribution < 1.29 is 29.0 Å². The molecule has 0 saturated carbocycles. The maximum absolute atomic E-state index is 13.3. The van der Waals surface area contributed by atoms with Gasteiger partial charge in [-0.2, -0.15) is 0 Å². The van der Waals surface area contributed by atoms with E-state index < -0.39 is 23.7 Å². The molecule has 1 aliphatic heterocycles. The largest absolute Gasteiger partial charge is 0.507 e. The Kier molecular flexibility index (Phi) is 6.42. The topological polar surface area (TPSA) is 93.1 Å². The zero-order chi connectivity index (χ0) is 25.3. The summed E-state index contributed by atoms with van der Waals surface area (Å²) in [5.74, 6) is -1.42. The van der Waals surface area contributed by atoms with Gasteiger partial charge in [0.15, 0.2) is 0 Å². The summed E-state index contributed by atoms with van der Waals surface area (Å²) in [7, 11) is 1.51. The molecule has 1 atom stereocenters. The van der Waals surface area contributed by atoms with Crippen molar-refractivity contribution in [3.05, 3.63) is 94.6 Å². The molecule has 1 N–H and O–H groups in total. The summed E-state index contributed by atoms with van der Waals surface area (Å²) in [5, 5.41) is 11.4. The molecule has 1 saturated heterocycles. The molecule has 0 aliphatic carbocycles. The predicted molar refractivity (Wildman–Crippen MR) is 131 cm³/mol. The number of carbonyl (C=O) groups excluding carboxylic acids is 3. The van der Waals surface area contributed by atoms with Gasteiger partial charge in [-0.25, -0.2) is 0 Å². The van der Waals surface area contributed by atoms with Crippen LogP contribution >= 0.6 is 0 Å².